The lowest BCUT2D eigenvalue weighted by atomic mass is 9.49. The summed E-state index contributed by atoms with van der Waals surface area (Å²) in [6.07, 6.45) is 8.05. The first kappa shape index (κ1) is 13.6. The fourth-order valence-corrected chi connectivity index (χ4v) is 4.51. The Morgan fingerprint density at radius 2 is 2.00 bits per heavy atom. The summed E-state index contributed by atoms with van der Waals surface area (Å²) in [5.41, 5.74) is 2.33. The van der Waals surface area contributed by atoms with Crippen LogP contribution in [-0.2, 0) is 0 Å². The van der Waals surface area contributed by atoms with Crippen LogP contribution in [0.2, 0.25) is 0 Å². The van der Waals surface area contributed by atoms with Crippen molar-refractivity contribution in [2.75, 3.05) is 33.7 Å². The molecule has 2 nitrogen and oxygen atoms in total. The monoisotopic (exact) mass is 262 g/mol. The van der Waals surface area contributed by atoms with Crippen molar-refractivity contribution in [3.05, 3.63) is 11.6 Å². The molecule has 0 aromatic rings. The third-order valence-corrected chi connectivity index (χ3v) is 6.33. The molecule has 0 N–H and O–H groups in total. The van der Waals surface area contributed by atoms with Gasteiger partial charge in [-0.05, 0) is 70.1 Å². The van der Waals surface area contributed by atoms with Gasteiger partial charge >= 0.3 is 0 Å². The predicted octanol–water partition coefficient (Wildman–Crippen LogP) is 3.00. The Bertz CT molecular complexity index is 363. The van der Waals surface area contributed by atoms with Crippen molar-refractivity contribution in [2.45, 2.75) is 45.6 Å². The van der Waals surface area contributed by atoms with Gasteiger partial charge in [0, 0.05) is 12.6 Å². The van der Waals surface area contributed by atoms with E-state index in [4.69, 9.17) is 0 Å². The molecule has 0 spiro atoms. The molecule has 108 valence electrons. The van der Waals surface area contributed by atoms with E-state index in [1.165, 1.54) is 45.3 Å². The smallest absolute Gasteiger partial charge is 0.0195 e. The van der Waals surface area contributed by atoms with Crippen molar-refractivity contribution in [3.8, 4) is 0 Å². The van der Waals surface area contributed by atoms with Crippen molar-refractivity contribution < 1.29 is 0 Å². The van der Waals surface area contributed by atoms with Gasteiger partial charge in [0.1, 0.15) is 0 Å². The Morgan fingerprint density at radius 3 is 2.58 bits per heavy atom. The van der Waals surface area contributed by atoms with Crippen LogP contribution in [-0.4, -0.2) is 49.6 Å². The standard InChI is InChI=1S/C17H30N2/c1-17(2)14-6-5-13(16(17)11-14)12-19(4)15-7-9-18(3)10-8-15/h5,14-16H,6-12H2,1-4H3/t14-,16-/m0/s1. The molecule has 1 aliphatic heterocycles. The summed E-state index contributed by atoms with van der Waals surface area (Å²) in [4.78, 5) is 5.09. The normalized spacial score (nSPS) is 35.1. The molecule has 2 fully saturated rings. The van der Waals surface area contributed by atoms with Crippen LogP contribution in [0.15, 0.2) is 11.6 Å². The minimum atomic E-state index is 0.581. The van der Waals surface area contributed by atoms with Crippen LogP contribution in [0, 0.1) is 17.3 Å². The molecule has 2 heteroatoms. The second-order valence-electron chi connectivity index (χ2n) is 7.77. The highest BCUT2D eigenvalue weighted by molar-refractivity contribution is 5.24. The van der Waals surface area contributed by atoms with E-state index in [0.29, 0.717) is 5.41 Å². The van der Waals surface area contributed by atoms with Crippen LogP contribution in [0.25, 0.3) is 0 Å². The van der Waals surface area contributed by atoms with Gasteiger partial charge in [-0.3, -0.25) is 4.90 Å². The predicted molar refractivity (Wildman–Crippen MR) is 81.2 cm³/mol. The molecule has 1 saturated heterocycles. The molecule has 0 aromatic heterocycles. The fraction of sp³-hybridized carbons (Fsp3) is 0.882. The van der Waals surface area contributed by atoms with Gasteiger partial charge in [-0.15, -0.1) is 0 Å². The third kappa shape index (κ3) is 2.38. The number of hydrogen-bond donors (Lipinski definition) is 0. The van der Waals surface area contributed by atoms with Gasteiger partial charge in [-0.2, -0.15) is 0 Å². The average molecular weight is 262 g/mol. The van der Waals surface area contributed by atoms with Crippen LogP contribution in [0.1, 0.15) is 39.5 Å². The van der Waals surface area contributed by atoms with Gasteiger partial charge in [0.2, 0.25) is 0 Å². The Hall–Kier alpha value is -0.340. The number of nitrogens with zero attached hydrogens (tertiary/aromatic N) is 2. The zero-order valence-corrected chi connectivity index (χ0v) is 13.2. The first-order chi connectivity index (χ1) is 8.98. The number of hydrogen-bond acceptors (Lipinski definition) is 2. The van der Waals surface area contributed by atoms with Crippen LogP contribution >= 0.6 is 0 Å². The molecule has 3 aliphatic carbocycles. The number of piperidine rings is 1. The van der Waals surface area contributed by atoms with Gasteiger partial charge in [0.25, 0.3) is 0 Å². The van der Waals surface area contributed by atoms with Gasteiger partial charge in [-0.1, -0.05) is 25.5 Å². The van der Waals surface area contributed by atoms with E-state index < -0.39 is 0 Å². The quantitative estimate of drug-likeness (QED) is 0.721. The van der Waals surface area contributed by atoms with Crippen molar-refractivity contribution in [3.63, 3.8) is 0 Å². The summed E-state index contributed by atoms with van der Waals surface area (Å²) < 4.78 is 0. The van der Waals surface area contributed by atoms with Crippen LogP contribution in [0.4, 0.5) is 0 Å². The molecule has 0 aromatic carbocycles. The molecule has 4 rings (SSSR count). The summed E-state index contributed by atoms with van der Waals surface area (Å²) in [6.45, 7) is 8.72. The highest BCUT2D eigenvalue weighted by atomic mass is 15.2. The Kier molecular flexibility index (Phi) is 3.51. The number of rotatable bonds is 3. The summed E-state index contributed by atoms with van der Waals surface area (Å²) in [6, 6.07) is 0.804. The van der Waals surface area contributed by atoms with Gasteiger partial charge < -0.3 is 4.90 Å². The zero-order chi connectivity index (χ0) is 13.6. The minimum Gasteiger partial charge on any atom is -0.306 e. The third-order valence-electron chi connectivity index (χ3n) is 6.33. The average Bonchev–Trinajstić information content (AvgIpc) is 2.39. The fourth-order valence-electron chi connectivity index (χ4n) is 4.51. The van der Waals surface area contributed by atoms with E-state index in [-0.39, 0.29) is 0 Å². The van der Waals surface area contributed by atoms with Gasteiger partial charge in [0.05, 0.1) is 0 Å². The van der Waals surface area contributed by atoms with E-state index in [2.05, 4.69) is 43.8 Å². The number of likely N-dealkylation sites (N-methyl/N-ethyl adjacent to an activating group) is 1. The number of fused-ring (bicyclic) bond motifs is 1. The maximum absolute atomic E-state index is 2.63. The van der Waals surface area contributed by atoms with E-state index in [1.54, 1.807) is 5.57 Å². The molecule has 2 atom stereocenters. The molecular formula is C17H30N2. The summed E-state index contributed by atoms with van der Waals surface area (Å²) in [5.74, 6) is 1.84. The van der Waals surface area contributed by atoms with Crippen LogP contribution in [0.5, 0.6) is 0 Å². The molecule has 0 unspecified atom stereocenters. The van der Waals surface area contributed by atoms with E-state index in [1.807, 2.05) is 0 Å². The lowest BCUT2D eigenvalue weighted by Gasteiger charge is -2.57. The second-order valence-corrected chi connectivity index (χ2v) is 7.77. The molecule has 4 aliphatic rings. The lowest BCUT2D eigenvalue weighted by molar-refractivity contribution is -0.0118. The second kappa shape index (κ2) is 4.89. The first-order valence-corrected chi connectivity index (χ1v) is 8.06. The van der Waals surface area contributed by atoms with Crippen LogP contribution < -0.4 is 0 Å². The Balaban J connectivity index is 1.58. The number of likely N-dealkylation sites (tertiary alicyclic amines) is 1. The lowest BCUT2D eigenvalue weighted by Crippen LogP contribution is -2.50. The highest BCUT2D eigenvalue weighted by Crippen LogP contribution is 2.59. The summed E-state index contributed by atoms with van der Waals surface area (Å²) in [5, 5.41) is 0. The van der Waals surface area contributed by atoms with Gasteiger partial charge in [0.15, 0.2) is 0 Å². The topological polar surface area (TPSA) is 6.48 Å². The maximum Gasteiger partial charge on any atom is 0.0195 e. The Labute approximate surface area is 118 Å². The van der Waals surface area contributed by atoms with Crippen molar-refractivity contribution >= 4 is 0 Å². The molecule has 0 radical (unpaired) electrons. The van der Waals surface area contributed by atoms with Gasteiger partial charge in [-0.25, -0.2) is 0 Å². The van der Waals surface area contributed by atoms with E-state index in [0.717, 1.165) is 17.9 Å². The molecule has 0 amide bonds. The molecule has 1 heterocycles. The largest absolute Gasteiger partial charge is 0.306 e. The molecule has 19 heavy (non-hydrogen) atoms. The molecule has 1 saturated carbocycles. The summed E-state index contributed by atoms with van der Waals surface area (Å²) in [7, 11) is 4.59. The van der Waals surface area contributed by atoms with Crippen LogP contribution in [0.3, 0.4) is 0 Å². The van der Waals surface area contributed by atoms with Crippen molar-refractivity contribution in [1.29, 1.82) is 0 Å². The van der Waals surface area contributed by atoms with E-state index in [9.17, 15) is 0 Å². The molecule has 2 bridgehead atoms. The first-order valence-electron chi connectivity index (χ1n) is 8.06. The maximum atomic E-state index is 2.63. The zero-order valence-electron chi connectivity index (χ0n) is 13.2. The molecular weight excluding hydrogens is 232 g/mol. The minimum absolute atomic E-state index is 0.581. The van der Waals surface area contributed by atoms with Crippen molar-refractivity contribution in [1.82, 2.24) is 9.80 Å². The van der Waals surface area contributed by atoms with Crippen molar-refractivity contribution in [2.24, 2.45) is 17.3 Å². The highest BCUT2D eigenvalue weighted by Gasteiger charge is 2.51. The van der Waals surface area contributed by atoms with E-state index >= 15 is 0 Å². The Morgan fingerprint density at radius 1 is 1.32 bits per heavy atom. The summed E-state index contributed by atoms with van der Waals surface area (Å²) >= 11 is 0. The number of allylic oxidation sites excluding steroid dienone is 1. The SMILES string of the molecule is CN1CCC(N(C)CC2=CC[C@H]3C[C@@H]2C3(C)C)CC1.